The lowest BCUT2D eigenvalue weighted by Gasteiger charge is -2.10. The number of anilines is 2. The summed E-state index contributed by atoms with van der Waals surface area (Å²) in [6.07, 6.45) is -0.154. The summed E-state index contributed by atoms with van der Waals surface area (Å²) in [5.41, 5.74) is 14.8. The largest absolute Gasteiger partial charge is 0.490 e. The molecule has 0 bridgehead atoms. The molecule has 0 saturated heterocycles. The highest BCUT2D eigenvalue weighted by atomic mass is 32.2. The normalized spacial score (nSPS) is 11.3. The Hall–Kier alpha value is -3.81. The second-order valence-corrected chi connectivity index (χ2v) is 7.69. The number of alkyl halides is 3. The first-order valence-corrected chi connectivity index (χ1v) is 10.1. The van der Waals surface area contributed by atoms with Crippen molar-refractivity contribution in [3.8, 4) is 22.4 Å². The molecular formula is C19H16F4N6O3S. The van der Waals surface area contributed by atoms with Crippen molar-refractivity contribution in [2.24, 2.45) is 0 Å². The van der Waals surface area contributed by atoms with Gasteiger partial charge in [-0.05, 0) is 17.9 Å². The van der Waals surface area contributed by atoms with Gasteiger partial charge in [-0.1, -0.05) is 12.1 Å². The van der Waals surface area contributed by atoms with E-state index in [1.54, 1.807) is 24.7 Å². The number of thioether (sulfide) groups is 1. The minimum absolute atomic E-state index is 0.147. The molecule has 14 heteroatoms. The molecule has 0 unspecified atom stereocenters. The maximum Gasteiger partial charge on any atom is 0.490 e. The van der Waals surface area contributed by atoms with Gasteiger partial charge in [0.15, 0.2) is 11.4 Å². The number of rotatable bonds is 4. The lowest BCUT2D eigenvalue weighted by molar-refractivity contribution is -0.192. The number of nitrogens with one attached hydrogen (secondary N) is 1. The minimum Gasteiger partial charge on any atom is -0.475 e. The molecule has 0 radical (unpaired) electrons. The molecule has 3 heterocycles. The van der Waals surface area contributed by atoms with Crippen LogP contribution in [0.2, 0.25) is 0 Å². The first-order chi connectivity index (χ1) is 15.5. The Morgan fingerprint density at radius 3 is 2.52 bits per heavy atom. The van der Waals surface area contributed by atoms with E-state index in [1.165, 1.54) is 17.8 Å². The number of aromatic nitrogens is 4. The van der Waals surface area contributed by atoms with Crippen LogP contribution in [0.15, 0.2) is 40.1 Å². The van der Waals surface area contributed by atoms with Crippen LogP contribution in [-0.2, 0) is 4.79 Å². The van der Waals surface area contributed by atoms with Crippen LogP contribution in [-0.4, -0.2) is 43.3 Å². The first-order valence-electron chi connectivity index (χ1n) is 9.09. The molecule has 0 aliphatic rings. The molecule has 0 atom stereocenters. The number of nitrogens with two attached hydrogens (primary N) is 2. The predicted octanol–water partition coefficient (Wildman–Crippen LogP) is 4.33. The Kier molecular flexibility index (Phi) is 6.76. The van der Waals surface area contributed by atoms with Gasteiger partial charge >= 0.3 is 12.1 Å². The quantitative estimate of drug-likeness (QED) is 0.188. The number of hydrogen-bond donors (Lipinski definition) is 4. The number of H-pyrrole nitrogens is 1. The van der Waals surface area contributed by atoms with Crippen LogP contribution in [0.1, 0.15) is 6.92 Å². The van der Waals surface area contributed by atoms with E-state index in [4.69, 9.17) is 25.9 Å². The number of carbonyl (C=O) groups is 1. The van der Waals surface area contributed by atoms with Crippen molar-refractivity contribution < 1.29 is 32.0 Å². The molecular weight excluding hydrogens is 468 g/mol. The molecule has 4 rings (SSSR count). The van der Waals surface area contributed by atoms with Crippen LogP contribution in [0.5, 0.6) is 0 Å². The molecule has 33 heavy (non-hydrogen) atoms. The smallest absolute Gasteiger partial charge is 0.475 e. The van der Waals surface area contributed by atoms with Crippen molar-refractivity contribution in [1.29, 1.82) is 0 Å². The van der Waals surface area contributed by atoms with E-state index < -0.39 is 18.0 Å². The Morgan fingerprint density at radius 2 is 1.94 bits per heavy atom. The lowest BCUT2D eigenvalue weighted by atomic mass is 10.0. The number of halogens is 4. The van der Waals surface area contributed by atoms with Crippen LogP contribution in [0, 0.1) is 5.82 Å². The van der Waals surface area contributed by atoms with E-state index in [0.717, 1.165) is 16.2 Å². The van der Waals surface area contributed by atoms with Gasteiger partial charge in [0.25, 0.3) is 0 Å². The lowest BCUT2D eigenvalue weighted by Crippen LogP contribution is -2.21. The number of fused-ring (bicyclic) bond motifs is 1. The third-order valence-corrected chi connectivity index (χ3v) is 5.18. The molecule has 6 N–H and O–H groups in total. The number of carboxylic acid groups (broad SMARTS) is 1. The highest BCUT2D eigenvalue weighted by Crippen LogP contribution is 2.39. The second-order valence-electron chi connectivity index (χ2n) is 6.39. The molecule has 0 spiro atoms. The van der Waals surface area contributed by atoms with Gasteiger partial charge in [0.05, 0.1) is 17.3 Å². The van der Waals surface area contributed by atoms with Crippen molar-refractivity contribution in [2.45, 2.75) is 18.0 Å². The fraction of sp³-hybridized carbons (Fsp3) is 0.158. The van der Waals surface area contributed by atoms with E-state index in [9.17, 15) is 17.6 Å². The second kappa shape index (κ2) is 9.36. The summed E-state index contributed by atoms with van der Waals surface area (Å²) >= 11 is 1.53. The molecule has 4 aromatic rings. The maximum absolute atomic E-state index is 14.7. The topological polar surface area (TPSA) is 157 Å². The van der Waals surface area contributed by atoms with Gasteiger partial charge in [0, 0.05) is 39.7 Å². The third-order valence-electron chi connectivity index (χ3n) is 4.23. The number of hydrogen-bond acceptors (Lipinski definition) is 8. The molecule has 3 aromatic heterocycles. The number of aliphatic carboxylic acids is 1. The van der Waals surface area contributed by atoms with Gasteiger partial charge in [0.2, 0.25) is 0 Å². The van der Waals surface area contributed by atoms with E-state index in [2.05, 4.69) is 20.3 Å². The Balaban J connectivity index is 0.000000383. The Bertz CT molecular complexity index is 1290. The molecule has 0 aliphatic carbocycles. The molecule has 0 amide bonds. The maximum atomic E-state index is 14.7. The summed E-state index contributed by atoms with van der Waals surface area (Å²) < 4.78 is 51.8. The van der Waals surface area contributed by atoms with E-state index >= 15 is 0 Å². The van der Waals surface area contributed by atoms with Crippen molar-refractivity contribution in [2.75, 3.05) is 17.2 Å². The highest BCUT2D eigenvalue weighted by molar-refractivity contribution is 7.99. The average molecular weight is 484 g/mol. The van der Waals surface area contributed by atoms with Gasteiger partial charge in [-0.15, -0.1) is 11.8 Å². The number of nitrogens with zero attached hydrogens (tertiary/aromatic N) is 3. The van der Waals surface area contributed by atoms with Crippen LogP contribution in [0.25, 0.3) is 33.4 Å². The summed E-state index contributed by atoms with van der Waals surface area (Å²) in [6.45, 7) is 2.00. The van der Waals surface area contributed by atoms with Gasteiger partial charge in [0.1, 0.15) is 5.82 Å². The molecule has 9 nitrogen and oxygen atoms in total. The van der Waals surface area contributed by atoms with Crippen molar-refractivity contribution in [1.82, 2.24) is 20.3 Å². The average Bonchev–Trinajstić information content (AvgIpc) is 3.40. The fourth-order valence-electron chi connectivity index (χ4n) is 2.81. The van der Waals surface area contributed by atoms with E-state index in [-0.39, 0.29) is 5.82 Å². The molecule has 0 saturated carbocycles. The number of carboxylic acids is 1. The Morgan fingerprint density at radius 1 is 1.24 bits per heavy atom. The third kappa shape index (κ3) is 5.00. The minimum atomic E-state index is -5.08. The van der Waals surface area contributed by atoms with Crippen LogP contribution in [0.3, 0.4) is 0 Å². The zero-order valence-corrected chi connectivity index (χ0v) is 17.6. The fourth-order valence-corrected chi connectivity index (χ4v) is 3.54. The monoisotopic (exact) mass is 484 g/mol. The van der Waals surface area contributed by atoms with Gasteiger partial charge in [-0.3, -0.25) is 10.1 Å². The summed E-state index contributed by atoms with van der Waals surface area (Å²) in [7, 11) is 0. The molecule has 0 fully saturated rings. The number of pyridine rings is 1. The van der Waals surface area contributed by atoms with E-state index in [0.29, 0.717) is 33.5 Å². The van der Waals surface area contributed by atoms with Crippen molar-refractivity contribution in [3.63, 3.8) is 0 Å². The molecule has 1 aromatic carbocycles. The van der Waals surface area contributed by atoms with Crippen molar-refractivity contribution >= 4 is 40.2 Å². The van der Waals surface area contributed by atoms with Crippen molar-refractivity contribution in [3.05, 3.63) is 36.5 Å². The number of nitrogen functional groups attached to an aromatic ring is 2. The van der Waals surface area contributed by atoms with E-state index in [1.807, 2.05) is 6.92 Å². The van der Waals surface area contributed by atoms with Gasteiger partial charge < -0.3 is 21.1 Å². The van der Waals surface area contributed by atoms with Crippen LogP contribution >= 0.6 is 11.8 Å². The SMILES string of the molecule is CCSc1cc(-c2ncc(-c3cn[nH]c3)c3onc(N)c23)c(F)cc1N.O=C(O)C(F)(F)F. The summed E-state index contributed by atoms with van der Waals surface area (Å²) in [6, 6.07) is 2.99. The predicted molar refractivity (Wildman–Crippen MR) is 114 cm³/mol. The van der Waals surface area contributed by atoms with Gasteiger partial charge in [-0.2, -0.15) is 18.3 Å². The Labute approximate surface area is 187 Å². The number of aromatic amines is 1. The number of benzene rings is 1. The van der Waals surface area contributed by atoms with Gasteiger partial charge in [-0.25, -0.2) is 9.18 Å². The first kappa shape index (κ1) is 23.8. The van der Waals surface area contributed by atoms with Crippen LogP contribution in [0.4, 0.5) is 29.1 Å². The standard InChI is InChI=1S/C17H15FN6OS.C2HF3O2/c1-2-26-13-3-9(11(18)4-12(13)19)15-14-16(25-24-17(14)20)10(7-21-15)8-5-22-23-6-8;3-2(4,5)1(6)7/h3-7H,2,19H2,1H3,(H2,20,24)(H,22,23);(H,6,7). The summed E-state index contributed by atoms with van der Waals surface area (Å²) in [5.74, 6) is -2.28. The molecule has 0 aliphatic heterocycles. The summed E-state index contributed by atoms with van der Waals surface area (Å²) in [4.78, 5) is 14.1. The summed E-state index contributed by atoms with van der Waals surface area (Å²) in [5, 5.41) is 18.1. The van der Waals surface area contributed by atoms with Crippen LogP contribution < -0.4 is 11.5 Å². The molecule has 174 valence electrons. The zero-order valence-electron chi connectivity index (χ0n) is 16.8. The highest BCUT2D eigenvalue weighted by Gasteiger charge is 2.38. The zero-order chi connectivity index (χ0) is 24.3.